The normalized spacial score (nSPS) is 12.8. The SMILES string of the molecule is CCCC[C@H](N)C(=O)Nc1ccc(C(=O)N[C@@H](Cc2c[nH]c3ccccc23)C(=O)O)cc1N. The third-order valence-electron chi connectivity index (χ3n) is 5.48. The zero-order valence-corrected chi connectivity index (χ0v) is 18.4. The van der Waals surface area contributed by atoms with E-state index in [-0.39, 0.29) is 23.6 Å². The van der Waals surface area contributed by atoms with Gasteiger partial charge in [0.15, 0.2) is 0 Å². The maximum atomic E-state index is 12.7. The topological polar surface area (TPSA) is 163 Å². The maximum absolute atomic E-state index is 12.7. The number of carboxylic acid groups (broad SMARTS) is 1. The van der Waals surface area contributed by atoms with Crippen LogP contribution < -0.4 is 22.1 Å². The van der Waals surface area contributed by atoms with Crippen molar-refractivity contribution in [1.29, 1.82) is 0 Å². The standard InChI is InChI=1S/C24H29N5O4/c1-2-3-7-17(25)23(31)28-20-10-9-14(11-18(20)26)22(30)29-21(24(32)33)12-15-13-27-19-8-5-4-6-16(15)19/h4-6,8-11,13,17,21,27H,2-3,7,12,25-26H2,1H3,(H,28,31)(H,29,30)(H,32,33)/t17-,21-/m0/s1. The van der Waals surface area contributed by atoms with Gasteiger partial charge in [0.05, 0.1) is 17.4 Å². The van der Waals surface area contributed by atoms with Crippen LogP contribution in [-0.2, 0) is 16.0 Å². The Morgan fingerprint density at radius 1 is 1.15 bits per heavy atom. The number of H-pyrrole nitrogens is 1. The number of fused-ring (bicyclic) bond motifs is 1. The molecule has 2 amide bonds. The Labute approximate surface area is 191 Å². The molecule has 0 saturated heterocycles. The molecule has 0 aliphatic rings. The molecular weight excluding hydrogens is 422 g/mol. The molecule has 1 aromatic heterocycles. The summed E-state index contributed by atoms with van der Waals surface area (Å²) in [6, 6.07) is 10.1. The van der Waals surface area contributed by atoms with Gasteiger partial charge in [-0.25, -0.2) is 4.79 Å². The highest BCUT2D eigenvalue weighted by Gasteiger charge is 2.23. The van der Waals surface area contributed by atoms with E-state index >= 15 is 0 Å². The van der Waals surface area contributed by atoms with Crippen molar-refractivity contribution >= 4 is 40.1 Å². The average molecular weight is 452 g/mol. The number of rotatable bonds is 10. The highest BCUT2D eigenvalue weighted by atomic mass is 16.4. The van der Waals surface area contributed by atoms with Crippen LogP contribution in [0.4, 0.5) is 11.4 Å². The summed E-state index contributed by atoms with van der Waals surface area (Å²) in [6.45, 7) is 2.02. The van der Waals surface area contributed by atoms with E-state index in [2.05, 4.69) is 15.6 Å². The highest BCUT2D eigenvalue weighted by Crippen LogP contribution is 2.22. The van der Waals surface area contributed by atoms with Crippen LogP contribution in [0.1, 0.15) is 42.1 Å². The highest BCUT2D eigenvalue weighted by molar-refractivity contribution is 6.01. The first-order chi connectivity index (χ1) is 15.8. The Balaban J connectivity index is 1.68. The van der Waals surface area contributed by atoms with Crippen molar-refractivity contribution in [3.05, 3.63) is 59.8 Å². The number of nitrogens with one attached hydrogen (secondary N) is 3. The third-order valence-corrected chi connectivity index (χ3v) is 5.48. The summed E-state index contributed by atoms with van der Waals surface area (Å²) in [6.07, 6.45) is 4.20. The molecule has 0 aliphatic carbocycles. The zero-order chi connectivity index (χ0) is 24.0. The number of carbonyl (C=O) groups is 3. The molecule has 0 bridgehead atoms. The number of hydrogen-bond acceptors (Lipinski definition) is 5. The van der Waals surface area contributed by atoms with Gasteiger partial charge in [0, 0.05) is 29.1 Å². The summed E-state index contributed by atoms with van der Waals surface area (Å²) < 4.78 is 0. The van der Waals surface area contributed by atoms with E-state index in [1.165, 1.54) is 18.2 Å². The van der Waals surface area contributed by atoms with Crippen molar-refractivity contribution in [2.24, 2.45) is 5.73 Å². The molecular formula is C24H29N5O4. The second kappa shape index (κ2) is 10.6. The first kappa shape index (κ1) is 23.8. The number of aliphatic carboxylic acids is 1. The largest absolute Gasteiger partial charge is 0.480 e. The molecule has 2 atom stereocenters. The minimum absolute atomic E-state index is 0.115. The number of hydrogen-bond donors (Lipinski definition) is 6. The lowest BCUT2D eigenvalue weighted by molar-refractivity contribution is -0.139. The van der Waals surface area contributed by atoms with Crippen LogP contribution in [0, 0.1) is 0 Å². The Morgan fingerprint density at radius 2 is 1.91 bits per heavy atom. The molecule has 33 heavy (non-hydrogen) atoms. The predicted molar refractivity (Wildman–Crippen MR) is 128 cm³/mol. The molecule has 9 heteroatoms. The van der Waals surface area contributed by atoms with Crippen molar-refractivity contribution in [2.75, 3.05) is 11.1 Å². The molecule has 174 valence electrons. The van der Waals surface area contributed by atoms with E-state index in [1.807, 2.05) is 31.2 Å². The van der Waals surface area contributed by atoms with Crippen LogP contribution in [0.3, 0.4) is 0 Å². The zero-order valence-electron chi connectivity index (χ0n) is 18.4. The fourth-order valence-electron chi connectivity index (χ4n) is 3.56. The maximum Gasteiger partial charge on any atom is 0.326 e. The fraction of sp³-hybridized carbons (Fsp3) is 0.292. The minimum Gasteiger partial charge on any atom is -0.480 e. The number of unbranched alkanes of at least 4 members (excludes halogenated alkanes) is 1. The Bertz CT molecular complexity index is 1160. The summed E-state index contributed by atoms with van der Waals surface area (Å²) >= 11 is 0. The van der Waals surface area contributed by atoms with Gasteiger partial charge in [-0.1, -0.05) is 38.0 Å². The molecule has 0 spiro atoms. The number of carbonyl (C=O) groups excluding carboxylic acids is 2. The summed E-state index contributed by atoms with van der Waals surface area (Å²) in [5.74, 6) is -2.07. The fourth-order valence-corrected chi connectivity index (χ4v) is 3.56. The Kier molecular flexibility index (Phi) is 7.68. The van der Waals surface area contributed by atoms with Crippen molar-refractivity contribution in [1.82, 2.24) is 10.3 Å². The number of aromatic nitrogens is 1. The summed E-state index contributed by atoms with van der Waals surface area (Å²) in [5.41, 5.74) is 14.3. The van der Waals surface area contributed by atoms with E-state index in [1.54, 1.807) is 6.20 Å². The lowest BCUT2D eigenvalue weighted by Crippen LogP contribution is -2.42. The van der Waals surface area contributed by atoms with Gasteiger partial charge in [-0.2, -0.15) is 0 Å². The second-order valence-electron chi connectivity index (χ2n) is 7.97. The Hall–Kier alpha value is -3.85. The minimum atomic E-state index is -1.15. The predicted octanol–water partition coefficient (Wildman–Crippen LogP) is 2.63. The van der Waals surface area contributed by atoms with Crippen molar-refractivity contribution in [3.8, 4) is 0 Å². The molecule has 2 aromatic carbocycles. The first-order valence-electron chi connectivity index (χ1n) is 10.8. The van der Waals surface area contributed by atoms with E-state index in [4.69, 9.17) is 11.5 Å². The van der Waals surface area contributed by atoms with Crippen LogP contribution in [-0.4, -0.2) is 40.0 Å². The molecule has 0 fully saturated rings. The van der Waals surface area contributed by atoms with Gasteiger partial charge in [-0.15, -0.1) is 0 Å². The molecule has 3 aromatic rings. The molecule has 0 aliphatic heterocycles. The number of nitrogen functional groups attached to an aromatic ring is 1. The van der Waals surface area contributed by atoms with Gasteiger partial charge in [0.2, 0.25) is 5.91 Å². The quantitative estimate of drug-likeness (QED) is 0.259. The average Bonchev–Trinajstić information content (AvgIpc) is 3.20. The van der Waals surface area contributed by atoms with E-state index < -0.39 is 24.0 Å². The number of aromatic amines is 1. The molecule has 3 rings (SSSR count). The van der Waals surface area contributed by atoms with E-state index in [0.717, 1.165) is 29.3 Å². The van der Waals surface area contributed by atoms with Crippen LogP contribution in [0.25, 0.3) is 10.9 Å². The number of anilines is 2. The number of nitrogens with two attached hydrogens (primary N) is 2. The molecule has 0 saturated carbocycles. The van der Waals surface area contributed by atoms with Crippen molar-refractivity contribution < 1.29 is 19.5 Å². The van der Waals surface area contributed by atoms with Crippen molar-refractivity contribution in [2.45, 2.75) is 44.7 Å². The van der Waals surface area contributed by atoms with Crippen LogP contribution in [0.5, 0.6) is 0 Å². The monoisotopic (exact) mass is 451 g/mol. The molecule has 0 radical (unpaired) electrons. The lowest BCUT2D eigenvalue weighted by Gasteiger charge is -2.16. The third kappa shape index (κ3) is 5.89. The van der Waals surface area contributed by atoms with Crippen LogP contribution >= 0.6 is 0 Å². The second-order valence-corrected chi connectivity index (χ2v) is 7.97. The van der Waals surface area contributed by atoms with Gasteiger partial charge < -0.3 is 32.2 Å². The van der Waals surface area contributed by atoms with Crippen molar-refractivity contribution in [3.63, 3.8) is 0 Å². The van der Waals surface area contributed by atoms with E-state index in [0.29, 0.717) is 12.1 Å². The molecule has 8 N–H and O–H groups in total. The van der Waals surface area contributed by atoms with Gasteiger partial charge in [0.25, 0.3) is 5.91 Å². The molecule has 1 heterocycles. The lowest BCUT2D eigenvalue weighted by atomic mass is 10.0. The molecule has 0 unspecified atom stereocenters. The first-order valence-corrected chi connectivity index (χ1v) is 10.8. The number of carboxylic acids is 1. The Morgan fingerprint density at radius 3 is 2.61 bits per heavy atom. The number of benzene rings is 2. The smallest absolute Gasteiger partial charge is 0.326 e. The van der Waals surface area contributed by atoms with E-state index in [9.17, 15) is 19.5 Å². The van der Waals surface area contributed by atoms with Gasteiger partial charge in [0.1, 0.15) is 6.04 Å². The summed E-state index contributed by atoms with van der Waals surface area (Å²) in [7, 11) is 0. The number of amides is 2. The van der Waals surface area contributed by atoms with Gasteiger partial charge in [-0.05, 0) is 36.2 Å². The van der Waals surface area contributed by atoms with Crippen LogP contribution in [0.2, 0.25) is 0 Å². The van der Waals surface area contributed by atoms with Gasteiger partial charge >= 0.3 is 5.97 Å². The summed E-state index contributed by atoms with van der Waals surface area (Å²) in [5, 5.41) is 15.8. The number of para-hydroxylation sites is 1. The summed E-state index contributed by atoms with van der Waals surface area (Å²) in [4.78, 5) is 39.8. The van der Waals surface area contributed by atoms with Crippen LogP contribution in [0.15, 0.2) is 48.7 Å². The molecule has 9 nitrogen and oxygen atoms in total. The van der Waals surface area contributed by atoms with Gasteiger partial charge in [-0.3, -0.25) is 9.59 Å².